The second-order valence-electron chi connectivity index (χ2n) is 4.35. The molecular formula is C13H19N3O2. The van der Waals surface area contributed by atoms with Gasteiger partial charge in [-0.15, -0.1) is 0 Å². The first-order valence-corrected chi connectivity index (χ1v) is 6.32. The molecule has 0 radical (unpaired) electrons. The van der Waals surface area contributed by atoms with E-state index in [9.17, 15) is 4.79 Å². The molecule has 1 saturated heterocycles. The second-order valence-corrected chi connectivity index (χ2v) is 4.35. The Balaban J connectivity index is 1.62. The summed E-state index contributed by atoms with van der Waals surface area (Å²) in [5.74, 6) is -0.133. The minimum atomic E-state index is -0.133. The van der Waals surface area contributed by atoms with Crippen molar-refractivity contribution in [1.82, 2.24) is 15.2 Å². The van der Waals surface area contributed by atoms with E-state index >= 15 is 0 Å². The molecule has 1 N–H and O–H groups in total. The number of esters is 1. The third kappa shape index (κ3) is 4.43. The molecule has 1 aliphatic heterocycles. The van der Waals surface area contributed by atoms with Crippen molar-refractivity contribution in [3.63, 3.8) is 0 Å². The molecule has 0 spiro atoms. The minimum Gasteiger partial charge on any atom is -0.464 e. The molecule has 1 fully saturated rings. The van der Waals surface area contributed by atoms with Gasteiger partial charge in [0.05, 0.1) is 13.2 Å². The zero-order valence-electron chi connectivity index (χ0n) is 10.5. The molecule has 98 valence electrons. The summed E-state index contributed by atoms with van der Waals surface area (Å²) in [5, 5.41) is 3.25. The first-order valence-electron chi connectivity index (χ1n) is 6.32. The summed E-state index contributed by atoms with van der Waals surface area (Å²) in [5.41, 5.74) is 1.14. The van der Waals surface area contributed by atoms with Gasteiger partial charge in [0.2, 0.25) is 0 Å². The molecule has 1 aliphatic rings. The van der Waals surface area contributed by atoms with Crippen LogP contribution in [0.3, 0.4) is 0 Å². The Morgan fingerprint density at radius 1 is 1.33 bits per heavy atom. The molecule has 5 nitrogen and oxygen atoms in total. The fourth-order valence-electron chi connectivity index (χ4n) is 1.93. The summed E-state index contributed by atoms with van der Waals surface area (Å²) in [4.78, 5) is 17.7. The first kappa shape index (κ1) is 13.0. The molecule has 18 heavy (non-hydrogen) atoms. The lowest BCUT2D eigenvalue weighted by atomic mass is 10.2. The van der Waals surface area contributed by atoms with Crippen LogP contribution in [0, 0.1) is 0 Å². The Morgan fingerprint density at radius 2 is 2.06 bits per heavy atom. The number of pyridine rings is 1. The number of hydrogen-bond acceptors (Lipinski definition) is 5. The van der Waals surface area contributed by atoms with Gasteiger partial charge in [0.25, 0.3) is 0 Å². The van der Waals surface area contributed by atoms with E-state index in [2.05, 4.69) is 15.2 Å². The average Bonchev–Trinajstić information content (AvgIpc) is 2.41. The molecule has 0 unspecified atom stereocenters. The van der Waals surface area contributed by atoms with Gasteiger partial charge >= 0.3 is 5.97 Å². The smallest absolute Gasteiger partial charge is 0.320 e. The van der Waals surface area contributed by atoms with Crippen molar-refractivity contribution in [2.24, 2.45) is 0 Å². The quantitative estimate of drug-likeness (QED) is 0.749. The molecule has 0 atom stereocenters. The van der Waals surface area contributed by atoms with E-state index in [0.29, 0.717) is 13.2 Å². The Bertz CT molecular complexity index is 364. The Kier molecular flexibility index (Phi) is 5.11. The van der Waals surface area contributed by atoms with Crippen molar-refractivity contribution in [1.29, 1.82) is 0 Å². The number of nitrogens with one attached hydrogen (secondary N) is 1. The van der Waals surface area contributed by atoms with Crippen LogP contribution in [0.1, 0.15) is 5.56 Å². The average molecular weight is 249 g/mol. The number of rotatable bonds is 5. The van der Waals surface area contributed by atoms with Gasteiger partial charge in [0.15, 0.2) is 0 Å². The first-order chi connectivity index (χ1) is 8.84. The Labute approximate surface area is 107 Å². The maximum atomic E-state index is 11.6. The third-order valence-electron chi connectivity index (χ3n) is 2.97. The van der Waals surface area contributed by atoms with Gasteiger partial charge in [-0.1, -0.05) is 0 Å². The highest BCUT2D eigenvalue weighted by atomic mass is 16.5. The van der Waals surface area contributed by atoms with Crippen LogP contribution in [0.2, 0.25) is 0 Å². The number of ether oxygens (including phenoxy) is 1. The molecule has 0 amide bonds. The Hall–Kier alpha value is -1.46. The van der Waals surface area contributed by atoms with Crippen molar-refractivity contribution in [3.05, 3.63) is 30.1 Å². The van der Waals surface area contributed by atoms with Crippen LogP contribution in [-0.4, -0.2) is 55.2 Å². The number of carbonyl (C=O) groups excluding carboxylic acids is 1. The largest absolute Gasteiger partial charge is 0.464 e. The van der Waals surface area contributed by atoms with Crippen molar-refractivity contribution in [2.75, 3.05) is 39.3 Å². The standard InChI is InChI=1S/C13H19N3O2/c17-13(11-16-8-6-15-7-9-16)18-10-3-12-1-4-14-5-2-12/h1-2,4-5,15H,3,6-11H2. The highest BCUT2D eigenvalue weighted by Crippen LogP contribution is 1.99. The van der Waals surface area contributed by atoms with Gasteiger partial charge in [-0.2, -0.15) is 0 Å². The van der Waals surface area contributed by atoms with Crippen molar-refractivity contribution in [2.45, 2.75) is 6.42 Å². The van der Waals surface area contributed by atoms with Crippen LogP contribution in [0.15, 0.2) is 24.5 Å². The molecule has 1 aromatic rings. The van der Waals surface area contributed by atoms with Crippen LogP contribution >= 0.6 is 0 Å². The normalized spacial score (nSPS) is 16.4. The van der Waals surface area contributed by atoms with Crippen LogP contribution in [0.5, 0.6) is 0 Å². The van der Waals surface area contributed by atoms with Gasteiger partial charge in [-0.25, -0.2) is 0 Å². The van der Waals surface area contributed by atoms with Gasteiger partial charge in [0, 0.05) is 45.0 Å². The maximum Gasteiger partial charge on any atom is 0.320 e. The number of aromatic nitrogens is 1. The van der Waals surface area contributed by atoms with Crippen molar-refractivity contribution < 1.29 is 9.53 Å². The summed E-state index contributed by atoms with van der Waals surface area (Å²) < 4.78 is 5.23. The number of nitrogens with zero attached hydrogens (tertiary/aromatic N) is 2. The molecule has 0 aromatic carbocycles. The van der Waals surface area contributed by atoms with E-state index in [1.807, 2.05) is 12.1 Å². The summed E-state index contributed by atoms with van der Waals surface area (Å²) in [7, 11) is 0. The predicted molar refractivity (Wildman–Crippen MR) is 68.2 cm³/mol. The Morgan fingerprint density at radius 3 is 2.78 bits per heavy atom. The lowest BCUT2D eigenvalue weighted by Gasteiger charge is -2.25. The number of carbonyl (C=O) groups is 1. The van der Waals surface area contributed by atoms with Crippen LogP contribution in [-0.2, 0) is 16.0 Å². The van der Waals surface area contributed by atoms with Crippen molar-refractivity contribution in [3.8, 4) is 0 Å². The van der Waals surface area contributed by atoms with Crippen LogP contribution < -0.4 is 5.32 Å². The molecule has 0 saturated carbocycles. The molecule has 2 rings (SSSR count). The number of hydrogen-bond donors (Lipinski definition) is 1. The van der Waals surface area contributed by atoms with Crippen LogP contribution in [0.25, 0.3) is 0 Å². The van der Waals surface area contributed by atoms with E-state index in [4.69, 9.17) is 4.74 Å². The summed E-state index contributed by atoms with van der Waals surface area (Å²) in [6.45, 7) is 4.57. The van der Waals surface area contributed by atoms with Gasteiger partial charge < -0.3 is 10.1 Å². The summed E-state index contributed by atoms with van der Waals surface area (Å²) in [6.07, 6.45) is 4.24. The molecule has 2 heterocycles. The van der Waals surface area contributed by atoms with Gasteiger partial charge in [-0.05, 0) is 17.7 Å². The predicted octanol–water partition coefficient (Wildman–Crippen LogP) is 0.0725. The highest BCUT2D eigenvalue weighted by Gasteiger charge is 2.13. The number of piperazine rings is 1. The van der Waals surface area contributed by atoms with Crippen molar-refractivity contribution >= 4 is 5.97 Å². The fourth-order valence-corrected chi connectivity index (χ4v) is 1.93. The monoisotopic (exact) mass is 249 g/mol. The van der Waals surface area contributed by atoms with E-state index in [-0.39, 0.29) is 5.97 Å². The van der Waals surface area contributed by atoms with E-state index < -0.39 is 0 Å². The van der Waals surface area contributed by atoms with E-state index in [1.165, 1.54) is 0 Å². The summed E-state index contributed by atoms with van der Waals surface area (Å²) >= 11 is 0. The third-order valence-corrected chi connectivity index (χ3v) is 2.97. The highest BCUT2D eigenvalue weighted by molar-refractivity contribution is 5.71. The topological polar surface area (TPSA) is 54.5 Å². The van der Waals surface area contributed by atoms with E-state index in [1.54, 1.807) is 12.4 Å². The lowest BCUT2D eigenvalue weighted by Crippen LogP contribution is -2.45. The van der Waals surface area contributed by atoms with Gasteiger partial charge in [0.1, 0.15) is 0 Å². The van der Waals surface area contributed by atoms with Gasteiger partial charge in [-0.3, -0.25) is 14.7 Å². The fraction of sp³-hybridized carbons (Fsp3) is 0.538. The summed E-state index contributed by atoms with van der Waals surface area (Å²) in [6, 6.07) is 3.87. The molecular weight excluding hydrogens is 230 g/mol. The lowest BCUT2D eigenvalue weighted by molar-refractivity contribution is -0.145. The second kappa shape index (κ2) is 7.08. The molecule has 1 aromatic heterocycles. The maximum absolute atomic E-state index is 11.6. The molecule has 0 aliphatic carbocycles. The molecule has 5 heteroatoms. The van der Waals surface area contributed by atoms with Crippen LogP contribution in [0.4, 0.5) is 0 Å². The van der Waals surface area contributed by atoms with E-state index in [0.717, 1.165) is 38.2 Å². The molecule has 0 bridgehead atoms. The zero-order chi connectivity index (χ0) is 12.6. The zero-order valence-corrected chi connectivity index (χ0v) is 10.5. The SMILES string of the molecule is O=C(CN1CCNCC1)OCCc1ccncc1. The minimum absolute atomic E-state index is 0.133.